The maximum absolute atomic E-state index is 15.0. The number of ether oxygens (including phenoxy) is 2. The summed E-state index contributed by atoms with van der Waals surface area (Å²) in [6.45, 7) is 3.49. The molecule has 0 radical (unpaired) electrons. The molecule has 2 aromatic carbocycles. The third kappa shape index (κ3) is 4.95. The summed E-state index contributed by atoms with van der Waals surface area (Å²) in [5.41, 5.74) is -0.693. The van der Waals surface area contributed by atoms with Crippen LogP contribution in [-0.2, 0) is 14.8 Å². The Balaban J connectivity index is 1.84. The van der Waals surface area contributed by atoms with Crippen molar-refractivity contribution in [1.29, 1.82) is 0 Å². The van der Waals surface area contributed by atoms with Crippen LogP contribution in [0.2, 0.25) is 0 Å². The highest BCUT2D eigenvalue weighted by Crippen LogP contribution is 2.29. The van der Waals surface area contributed by atoms with E-state index in [-0.39, 0.29) is 27.7 Å². The normalized spacial score (nSPS) is 11.7. The molecule has 0 unspecified atom stereocenters. The summed E-state index contributed by atoms with van der Waals surface area (Å²) in [5, 5.41) is 3.97. The average molecular weight is 512 g/mol. The molecule has 0 aliphatic carbocycles. The van der Waals surface area contributed by atoms with Gasteiger partial charge in [0, 0.05) is 36.8 Å². The molecular formula is C25H22FN3O6S. The number of nitrogens with one attached hydrogen (secondary N) is 1. The minimum atomic E-state index is -3.98. The van der Waals surface area contributed by atoms with Gasteiger partial charge in [-0.25, -0.2) is 12.8 Å². The molecule has 0 saturated heterocycles. The second-order valence-electron chi connectivity index (χ2n) is 8.19. The van der Waals surface area contributed by atoms with E-state index in [9.17, 15) is 13.2 Å². The SMILES string of the molecule is COc1cc(C#CC(C)(C)OC)c(F)cc1-n1c(=O)ccc2cc(S(=O)(=O)Nc3ccon3)ccc21. The molecule has 186 valence electrons. The van der Waals surface area contributed by atoms with Gasteiger partial charge in [-0.1, -0.05) is 17.0 Å². The zero-order valence-electron chi connectivity index (χ0n) is 19.8. The Morgan fingerprint density at radius 1 is 1.11 bits per heavy atom. The highest BCUT2D eigenvalue weighted by molar-refractivity contribution is 7.92. The van der Waals surface area contributed by atoms with E-state index in [2.05, 4.69) is 26.2 Å². The van der Waals surface area contributed by atoms with Crippen molar-refractivity contribution in [3.63, 3.8) is 0 Å². The Bertz CT molecular complexity index is 1670. The third-order valence-electron chi connectivity index (χ3n) is 5.37. The molecule has 0 atom stereocenters. The largest absolute Gasteiger partial charge is 0.495 e. The minimum absolute atomic E-state index is 0.0253. The lowest BCUT2D eigenvalue weighted by atomic mass is 10.1. The number of halogens is 1. The van der Waals surface area contributed by atoms with Crippen molar-refractivity contribution < 1.29 is 26.8 Å². The molecule has 0 bridgehead atoms. The molecule has 4 rings (SSSR count). The van der Waals surface area contributed by atoms with Crippen LogP contribution >= 0.6 is 0 Å². The number of sulfonamides is 1. The van der Waals surface area contributed by atoms with Crippen LogP contribution in [0.4, 0.5) is 10.2 Å². The minimum Gasteiger partial charge on any atom is -0.495 e. The van der Waals surface area contributed by atoms with Gasteiger partial charge in [0.2, 0.25) is 0 Å². The number of hydrogen-bond donors (Lipinski definition) is 1. The molecule has 0 aliphatic rings. The Hall–Kier alpha value is -4.14. The standard InChI is InChI=1S/C25H22FN3O6S/c1-25(2,34-4)11-9-16-14-22(33-3)21(15-19(16)26)29-20-7-6-18(13-17(20)5-8-24(29)30)36(31,32)28-23-10-12-35-27-23/h5-8,10,12-15H,1-4H3,(H,27,28). The molecule has 9 nitrogen and oxygen atoms in total. The van der Waals surface area contributed by atoms with Crippen LogP contribution in [0.25, 0.3) is 16.6 Å². The lowest BCUT2D eigenvalue weighted by Gasteiger charge is -2.16. The van der Waals surface area contributed by atoms with Gasteiger partial charge in [-0.05, 0) is 38.1 Å². The molecule has 2 aromatic heterocycles. The molecule has 0 amide bonds. The van der Waals surface area contributed by atoms with E-state index in [0.29, 0.717) is 10.9 Å². The van der Waals surface area contributed by atoms with Crippen LogP contribution in [0.15, 0.2) is 69.0 Å². The predicted molar refractivity (Wildman–Crippen MR) is 131 cm³/mol. The van der Waals surface area contributed by atoms with E-state index in [1.54, 1.807) is 13.8 Å². The maximum Gasteiger partial charge on any atom is 0.263 e. The molecule has 36 heavy (non-hydrogen) atoms. The zero-order valence-corrected chi connectivity index (χ0v) is 20.6. The predicted octanol–water partition coefficient (Wildman–Crippen LogP) is 3.70. The van der Waals surface area contributed by atoms with Gasteiger partial charge >= 0.3 is 0 Å². The first kappa shape index (κ1) is 25.0. The summed E-state index contributed by atoms with van der Waals surface area (Å²) < 4.78 is 59.4. The van der Waals surface area contributed by atoms with Crippen molar-refractivity contribution in [3.8, 4) is 23.3 Å². The third-order valence-corrected chi connectivity index (χ3v) is 6.72. The lowest BCUT2D eigenvalue weighted by Crippen LogP contribution is -2.19. The van der Waals surface area contributed by atoms with E-state index < -0.39 is 27.0 Å². The Labute approximate surface area is 206 Å². The van der Waals surface area contributed by atoms with Crippen LogP contribution in [0.5, 0.6) is 5.75 Å². The molecule has 11 heteroatoms. The number of rotatable bonds is 6. The average Bonchev–Trinajstić information content (AvgIpc) is 3.35. The summed E-state index contributed by atoms with van der Waals surface area (Å²) in [5.74, 6) is 5.16. The van der Waals surface area contributed by atoms with Gasteiger partial charge in [-0.3, -0.25) is 14.1 Å². The zero-order chi connectivity index (χ0) is 26.1. The molecule has 1 N–H and O–H groups in total. The van der Waals surface area contributed by atoms with Crippen molar-refractivity contribution in [2.24, 2.45) is 0 Å². The topological polar surface area (TPSA) is 113 Å². The van der Waals surface area contributed by atoms with Gasteiger partial charge in [-0.15, -0.1) is 0 Å². The van der Waals surface area contributed by atoms with Crippen LogP contribution < -0.4 is 15.0 Å². The van der Waals surface area contributed by atoms with Crippen molar-refractivity contribution in [3.05, 3.63) is 76.5 Å². The fraction of sp³-hybridized carbons (Fsp3) is 0.200. The van der Waals surface area contributed by atoms with Crippen molar-refractivity contribution in [2.45, 2.75) is 24.3 Å². The lowest BCUT2D eigenvalue weighted by molar-refractivity contribution is 0.0741. The molecule has 0 fully saturated rings. The van der Waals surface area contributed by atoms with Gasteiger partial charge in [0.15, 0.2) is 5.82 Å². The number of hydrogen-bond acceptors (Lipinski definition) is 7. The number of aromatic nitrogens is 2. The van der Waals surface area contributed by atoms with Crippen LogP contribution in [0, 0.1) is 17.7 Å². The number of nitrogens with zero attached hydrogens (tertiary/aromatic N) is 2. The Morgan fingerprint density at radius 2 is 1.89 bits per heavy atom. The van der Waals surface area contributed by atoms with Gasteiger partial charge in [0.25, 0.3) is 15.6 Å². The first-order valence-corrected chi connectivity index (χ1v) is 12.1. The monoisotopic (exact) mass is 511 g/mol. The van der Waals surface area contributed by atoms with E-state index in [1.807, 2.05) is 0 Å². The van der Waals surface area contributed by atoms with Crippen LogP contribution in [-0.4, -0.2) is 38.0 Å². The molecule has 2 heterocycles. The van der Waals surface area contributed by atoms with E-state index in [0.717, 1.165) is 6.07 Å². The summed E-state index contributed by atoms with van der Waals surface area (Å²) in [6.07, 6.45) is 1.23. The van der Waals surface area contributed by atoms with Crippen molar-refractivity contribution in [1.82, 2.24) is 9.72 Å². The number of fused-ring (bicyclic) bond motifs is 1. The molecule has 0 aliphatic heterocycles. The second-order valence-corrected chi connectivity index (χ2v) is 9.87. The smallest absolute Gasteiger partial charge is 0.263 e. The summed E-state index contributed by atoms with van der Waals surface area (Å²) in [4.78, 5) is 12.8. The summed E-state index contributed by atoms with van der Waals surface area (Å²) in [6, 6.07) is 10.8. The highest BCUT2D eigenvalue weighted by Gasteiger charge is 2.19. The summed E-state index contributed by atoms with van der Waals surface area (Å²) in [7, 11) is -1.08. The fourth-order valence-electron chi connectivity index (χ4n) is 3.35. The summed E-state index contributed by atoms with van der Waals surface area (Å²) >= 11 is 0. The van der Waals surface area contributed by atoms with E-state index >= 15 is 4.39 Å². The van der Waals surface area contributed by atoms with Gasteiger partial charge < -0.3 is 14.0 Å². The van der Waals surface area contributed by atoms with Gasteiger partial charge in [0.1, 0.15) is 23.4 Å². The number of pyridine rings is 1. The molecule has 4 aromatic rings. The Kier molecular flexibility index (Phi) is 6.58. The van der Waals surface area contributed by atoms with E-state index in [4.69, 9.17) is 9.47 Å². The number of anilines is 1. The Morgan fingerprint density at radius 3 is 2.56 bits per heavy atom. The van der Waals surface area contributed by atoms with Crippen molar-refractivity contribution >= 4 is 26.7 Å². The van der Waals surface area contributed by atoms with Gasteiger partial charge in [-0.2, -0.15) is 0 Å². The maximum atomic E-state index is 15.0. The van der Waals surface area contributed by atoms with Crippen LogP contribution in [0.3, 0.4) is 0 Å². The number of benzene rings is 2. The molecule has 0 saturated carbocycles. The van der Waals surface area contributed by atoms with Crippen LogP contribution in [0.1, 0.15) is 19.4 Å². The van der Waals surface area contributed by atoms with Crippen molar-refractivity contribution in [2.75, 3.05) is 18.9 Å². The van der Waals surface area contributed by atoms with Gasteiger partial charge in [0.05, 0.1) is 28.8 Å². The first-order valence-electron chi connectivity index (χ1n) is 10.6. The first-order chi connectivity index (χ1) is 17.0. The van der Waals surface area contributed by atoms with E-state index in [1.165, 1.54) is 67.5 Å². The highest BCUT2D eigenvalue weighted by atomic mass is 32.2. The number of methoxy groups -OCH3 is 2. The molecular weight excluding hydrogens is 489 g/mol. The fourth-order valence-corrected chi connectivity index (χ4v) is 4.38. The quantitative estimate of drug-likeness (QED) is 0.393. The molecule has 0 spiro atoms. The second kappa shape index (κ2) is 9.49.